The fourth-order valence-corrected chi connectivity index (χ4v) is 3.54. The number of rotatable bonds is 3. The molecule has 0 amide bonds. The SMILES string of the molecule is CC(N)(CN1CCS(=O)(=O)CC1)C1CC1. The van der Waals surface area contributed by atoms with Gasteiger partial charge in [0, 0.05) is 25.2 Å². The van der Waals surface area contributed by atoms with Gasteiger partial charge >= 0.3 is 0 Å². The highest BCUT2D eigenvalue weighted by atomic mass is 32.2. The molecule has 0 aromatic heterocycles. The maximum atomic E-state index is 11.3. The molecular formula is C10H20N2O2S. The molecule has 0 radical (unpaired) electrons. The second kappa shape index (κ2) is 3.71. The first-order valence-corrected chi connectivity index (χ1v) is 7.43. The molecule has 2 rings (SSSR count). The highest BCUT2D eigenvalue weighted by molar-refractivity contribution is 7.91. The Labute approximate surface area is 91.7 Å². The van der Waals surface area contributed by atoms with Crippen LogP contribution in [-0.2, 0) is 9.84 Å². The van der Waals surface area contributed by atoms with Crippen LogP contribution in [0.1, 0.15) is 19.8 Å². The van der Waals surface area contributed by atoms with Crippen molar-refractivity contribution in [3.63, 3.8) is 0 Å². The average Bonchev–Trinajstić information content (AvgIpc) is 2.91. The van der Waals surface area contributed by atoms with Crippen molar-refractivity contribution in [1.82, 2.24) is 4.90 Å². The van der Waals surface area contributed by atoms with Gasteiger partial charge in [-0.2, -0.15) is 0 Å². The molecule has 0 aromatic rings. The number of nitrogens with zero attached hydrogens (tertiary/aromatic N) is 1. The van der Waals surface area contributed by atoms with E-state index in [0.29, 0.717) is 30.5 Å². The summed E-state index contributed by atoms with van der Waals surface area (Å²) < 4.78 is 22.5. The molecule has 2 N–H and O–H groups in total. The van der Waals surface area contributed by atoms with Crippen LogP contribution in [-0.4, -0.2) is 50.0 Å². The Hall–Kier alpha value is -0.130. The summed E-state index contributed by atoms with van der Waals surface area (Å²) in [6, 6.07) is 0. The van der Waals surface area contributed by atoms with Gasteiger partial charge in [0.1, 0.15) is 0 Å². The van der Waals surface area contributed by atoms with E-state index in [2.05, 4.69) is 11.8 Å². The summed E-state index contributed by atoms with van der Waals surface area (Å²) in [5.74, 6) is 1.25. The molecule has 1 heterocycles. The lowest BCUT2D eigenvalue weighted by Crippen LogP contribution is -2.53. The van der Waals surface area contributed by atoms with Crippen LogP contribution in [0.2, 0.25) is 0 Å². The van der Waals surface area contributed by atoms with Gasteiger partial charge < -0.3 is 5.73 Å². The van der Waals surface area contributed by atoms with Crippen LogP contribution >= 0.6 is 0 Å². The average molecular weight is 232 g/mol. The molecule has 5 heteroatoms. The third kappa shape index (κ3) is 2.92. The van der Waals surface area contributed by atoms with E-state index in [1.165, 1.54) is 12.8 Å². The van der Waals surface area contributed by atoms with Crippen LogP contribution < -0.4 is 5.73 Å². The molecule has 1 aliphatic heterocycles. The van der Waals surface area contributed by atoms with Gasteiger partial charge in [0.05, 0.1) is 11.5 Å². The fourth-order valence-electron chi connectivity index (χ4n) is 2.26. The topological polar surface area (TPSA) is 63.4 Å². The third-order valence-electron chi connectivity index (χ3n) is 3.51. The van der Waals surface area contributed by atoms with E-state index in [0.717, 1.165) is 6.54 Å². The summed E-state index contributed by atoms with van der Waals surface area (Å²) in [5, 5.41) is 0. The summed E-state index contributed by atoms with van der Waals surface area (Å²) in [4.78, 5) is 2.19. The molecule has 0 bridgehead atoms. The van der Waals surface area contributed by atoms with Gasteiger partial charge in [0.2, 0.25) is 0 Å². The molecular weight excluding hydrogens is 212 g/mol. The molecule has 88 valence electrons. The minimum Gasteiger partial charge on any atom is -0.324 e. The molecule has 1 unspecified atom stereocenters. The Morgan fingerprint density at radius 1 is 1.33 bits per heavy atom. The van der Waals surface area contributed by atoms with Crippen molar-refractivity contribution in [2.45, 2.75) is 25.3 Å². The summed E-state index contributed by atoms with van der Waals surface area (Å²) in [7, 11) is -2.76. The predicted octanol–water partition coefficient (Wildman–Crippen LogP) is -0.156. The van der Waals surface area contributed by atoms with Crippen LogP contribution in [0.3, 0.4) is 0 Å². The molecule has 4 nitrogen and oxygen atoms in total. The maximum Gasteiger partial charge on any atom is 0.152 e. The van der Waals surface area contributed by atoms with Crippen LogP contribution in [0.15, 0.2) is 0 Å². The molecule has 2 aliphatic rings. The summed E-state index contributed by atoms with van der Waals surface area (Å²) in [6.45, 7) is 4.24. The van der Waals surface area contributed by atoms with Crippen LogP contribution in [0.25, 0.3) is 0 Å². The Balaban J connectivity index is 1.86. The minimum absolute atomic E-state index is 0.124. The quantitative estimate of drug-likeness (QED) is 0.734. The highest BCUT2D eigenvalue weighted by Gasteiger charge is 2.40. The maximum absolute atomic E-state index is 11.3. The van der Waals surface area contributed by atoms with Crippen LogP contribution in [0.5, 0.6) is 0 Å². The minimum atomic E-state index is -2.76. The monoisotopic (exact) mass is 232 g/mol. The van der Waals surface area contributed by atoms with Crippen LogP contribution in [0.4, 0.5) is 0 Å². The fraction of sp³-hybridized carbons (Fsp3) is 1.00. The summed E-state index contributed by atoms with van der Waals surface area (Å²) in [5.41, 5.74) is 6.11. The molecule has 0 aromatic carbocycles. The molecule has 1 aliphatic carbocycles. The van der Waals surface area contributed by atoms with Crippen molar-refractivity contribution in [2.24, 2.45) is 11.7 Å². The van der Waals surface area contributed by atoms with Crippen molar-refractivity contribution in [3.05, 3.63) is 0 Å². The Bertz CT molecular complexity index is 319. The van der Waals surface area contributed by atoms with E-state index < -0.39 is 9.84 Å². The highest BCUT2D eigenvalue weighted by Crippen LogP contribution is 2.38. The number of sulfone groups is 1. The van der Waals surface area contributed by atoms with E-state index in [1.54, 1.807) is 0 Å². The summed E-state index contributed by atoms with van der Waals surface area (Å²) in [6.07, 6.45) is 2.47. The van der Waals surface area contributed by atoms with Gasteiger partial charge in [-0.05, 0) is 25.7 Å². The zero-order chi connectivity index (χ0) is 11.1. The van der Waals surface area contributed by atoms with Crippen molar-refractivity contribution in [1.29, 1.82) is 0 Å². The van der Waals surface area contributed by atoms with Gasteiger partial charge in [-0.25, -0.2) is 8.42 Å². The van der Waals surface area contributed by atoms with Crippen molar-refractivity contribution in [3.8, 4) is 0 Å². The Kier molecular flexibility index (Phi) is 2.81. The molecule has 1 saturated carbocycles. The lowest BCUT2D eigenvalue weighted by atomic mass is 9.96. The number of hydrogen-bond acceptors (Lipinski definition) is 4. The second-order valence-electron chi connectivity index (χ2n) is 5.21. The zero-order valence-electron chi connectivity index (χ0n) is 9.28. The van der Waals surface area contributed by atoms with E-state index >= 15 is 0 Å². The Morgan fingerprint density at radius 2 is 1.87 bits per heavy atom. The van der Waals surface area contributed by atoms with Crippen molar-refractivity contribution < 1.29 is 8.42 Å². The Morgan fingerprint density at radius 3 is 2.33 bits per heavy atom. The first-order chi connectivity index (χ1) is 6.89. The smallest absolute Gasteiger partial charge is 0.152 e. The molecule has 0 spiro atoms. The second-order valence-corrected chi connectivity index (χ2v) is 7.51. The third-order valence-corrected chi connectivity index (χ3v) is 5.12. The van der Waals surface area contributed by atoms with Gasteiger partial charge in [0.25, 0.3) is 0 Å². The predicted molar refractivity (Wildman–Crippen MR) is 60.4 cm³/mol. The molecule has 2 fully saturated rings. The normalized spacial score (nSPS) is 31.1. The van der Waals surface area contributed by atoms with E-state index in [-0.39, 0.29) is 5.54 Å². The van der Waals surface area contributed by atoms with Gasteiger partial charge in [0.15, 0.2) is 9.84 Å². The lowest BCUT2D eigenvalue weighted by molar-refractivity contribution is 0.215. The first kappa shape index (κ1) is 11.4. The van der Waals surface area contributed by atoms with E-state index in [1.807, 2.05) is 0 Å². The van der Waals surface area contributed by atoms with Crippen molar-refractivity contribution in [2.75, 3.05) is 31.1 Å². The zero-order valence-corrected chi connectivity index (χ0v) is 10.1. The lowest BCUT2D eigenvalue weighted by Gasteiger charge is -2.34. The number of hydrogen-bond donors (Lipinski definition) is 1. The number of nitrogens with two attached hydrogens (primary N) is 1. The van der Waals surface area contributed by atoms with Crippen molar-refractivity contribution >= 4 is 9.84 Å². The van der Waals surface area contributed by atoms with Crippen LogP contribution in [0, 0.1) is 5.92 Å². The molecule has 1 atom stereocenters. The molecule has 15 heavy (non-hydrogen) atoms. The van der Waals surface area contributed by atoms with Gasteiger partial charge in [-0.1, -0.05) is 0 Å². The first-order valence-electron chi connectivity index (χ1n) is 5.61. The largest absolute Gasteiger partial charge is 0.324 e. The van der Waals surface area contributed by atoms with Gasteiger partial charge in [-0.15, -0.1) is 0 Å². The summed E-state index contributed by atoms with van der Waals surface area (Å²) >= 11 is 0. The van der Waals surface area contributed by atoms with Gasteiger partial charge in [-0.3, -0.25) is 4.90 Å². The molecule has 1 saturated heterocycles. The standard InChI is InChI=1S/C10H20N2O2S/c1-10(11,9-2-3-9)8-12-4-6-15(13,14)7-5-12/h9H,2-8,11H2,1H3. The van der Waals surface area contributed by atoms with E-state index in [4.69, 9.17) is 5.73 Å². The van der Waals surface area contributed by atoms with E-state index in [9.17, 15) is 8.42 Å².